The molecule has 0 unspecified atom stereocenters. The fraction of sp³-hybridized carbons (Fsp3) is 0.0909. The minimum atomic E-state index is 0.315. The highest BCUT2D eigenvalue weighted by atomic mass is 35.5. The summed E-state index contributed by atoms with van der Waals surface area (Å²) in [5, 5.41) is 12.2. The van der Waals surface area contributed by atoms with Crippen molar-refractivity contribution in [2.45, 2.75) is 6.92 Å². The summed E-state index contributed by atoms with van der Waals surface area (Å²) < 4.78 is 0. The average Bonchev–Trinajstić information content (AvgIpc) is 2.12. The van der Waals surface area contributed by atoms with Crippen LogP contribution in [0.15, 0.2) is 30.3 Å². The van der Waals surface area contributed by atoms with Crippen molar-refractivity contribution >= 4 is 22.4 Å². The van der Waals surface area contributed by atoms with E-state index in [4.69, 9.17) is 11.6 Å². The monoisotopic (exact) mass is 192 g/mol. The number of fused-ring (bicyclic) bond motifs is 1. The summed E-state index contributed by atoms with van der Waals surface area (Å²) in [7, 11) is 0. The number of phenolic OH excluding ortho intramolecular Hbond substituents is 1. The first-order valence-corrected chi connectivity index (χ1v) is 4.45. The van der Waals surface area contributed by atoms with Gasteiger partial charge in [0.1, 0.15) is 5.75 Å². The molecule has 0 heterocycles. The lowest BCUT2D eigenvalue weighted by Gasteiger charge is -2.05. The number of phenols is 1. The third-order valence-corrected chi connectivity index (χ3v) is 2.58. The van der Waals surface area contributed by atoms with Crippen molar-refractivity contribution < 1.29 is 5.11 Å². The van der Waals surface area contributed by atoms with Crippen LogP contribution in [0.25, 0.3) is 10.8 Å². The molecule has 0 aromatic heterocycles. The average molecular weight is 193 g/mol. The molecule has 0 amide bonds. The van der Waals surface area contributed by atoms with E-state index in [9.17, 15) is 5.11 Å². The van der Waals surface area contributed by atoms with E-state index in [1.165, 1.54) is 0 Å². The molecule has 0 bridgehead atoms. The van der Waals surface area contributed by atoms with Gasteiger partial charge >= 0.3 is 0 Å². The Labute approximate surface area is 81.6 Å². The molecule has 0 aliphatic rings. The van der Waals surface area contributed by atoms with Gasteiger partial charge in [-0.15, -0.1) is 0 Å². The number of hydrogen-bond donors (Lipinski definition) is 1. The van der Waals surface area contributed by atoms with Crippen LogP contribution in [0.3, 0.4) is 0 Å². The van der Waals surface area contributed by atoms with Crippen LogP contribution < -0.4 is 0 Å². The van der Waals surface area contributed by atoms with Gasteiger partial charge in [-0.1, -0.05) is 23.7 Å². The number of benzene rings is 2. The lowest BCUT2D eigenvalue weighted by atomic mass is 10.0. The van der Waals surface area contributed by atoms with Crippen LogP contribution in [-0.4, -0.2) is 5.11 Å². The van der Waals surface area contributed by atoms with Gasteiger partial charge in [-0.3, -0.25) is 0 Å². The van der Waals surface area contributed by atoms with Gasteiger partial charge in [0, 0.05) is 10.4 Å². The summed E-state index contributed by atoms with van der Waals surface area (Å²) in [5.74, 6) is 0.315. The molecule has 0 saturated carbocycles. The molecule has 0 fully saturated rings. The van der Waals surface area contributed by atoms with Gasteiger partial charge in [0.25, 0.3) is 0 Å². The number of rotatable bonds is 0. The predicted octanol–water partition coefficient (Wildman–Crippen LogP) is 3.51. The van der Waals surface area contributed by atoms with E-state index >= 15 is 0 Å². The summed E-state index contributed by atoms with van der Waals surface area (Å²) >= 11 is 6.00. The molecule has 0 saturated heterocycles. The molecule has 13 heavy (non-hydrogen) atoms. The Morgan fingerprint density at radius 1 is 1.08 bits per heavy atom. The van der Waals surface area contributed by atoms with Gasteiger partial charge in [-0.25, -0.2) is 0 Å². The summed E-state index contributed by atoms with van der Waals surface area (Å²) in [5.41, 5.74) is 0.875. The Kier molecular flexibility index (Phi) is 1.89. The minimum Gasteiger partial charge on any atom is -0.508 e. The van der Waals surface area contributed by atoms with Crippen molar-refractivity contribution in [2.75, 3.05) is 0 Å². The molecule has 0 radical (unpaired) electrons. The fourth-order valence-corrected chi connectivity index (χ4v) is 1.70. The Morgan fingerprint density at radius 2 is 1.85 bits per heavy atom. The lowest BCUT2D eigenvalue weighted by Crippen LogP contribution is -1.79. The maximum atomic E-state index is 9.47. The van der Waals surface area contributed by atoms with Gasteiger partial charge in [0.2, 0.25) is 0 Å². The van der Waals surface area contributed by atoms with Crippen molar-refractivity contribution in [3.05, 3.63) is 40.9 Å². The van der Waals surface area contributed by atoms with Gasteiger partial charge in [0.05, 0.1) is 0 Å². The quantitative estimate of drug-likeness (QED) is 0.677. The molecule has 0 spiro atoms. The number of hydrogen-bond acceptors (Lipinski definition) is 1. The molecule has 2 aromatic rings. The van der Waals surface area contributed by atoms with Crippen LogP contribution in [0.2, 0.25) is 5.02 Å². The predicted molar refractivity (Wildman–Crippen MR) is 55.4 cm³/mol. The fourth-order valence-electron chi connectivity index (χ4n) is 1.46. The molecular formula is C11H9ClO. The van der Waals surface area contributed by atoms with E-state index in [2.05, 4.69) is 0 Å². The van der Waals surface area contributed by atoms with Crippen LogP contribution in [0.4, 0.5) is 0 Å². The highest BCUT2D eigenvalue weighted by molar-refractivity contribution is 6.35. The highest BCUT2D eigenvalue weighted by Crippen LogP contribution is 2.30. The Bertz CT molecular complexity index is 463. The van der Waals surface area contributed by atoms with Crippen LogP contribution >= 0.6 is 11.6 Å². The molecular weight excluding hydrogens is 184 g/mol. The lowest BCUT2D eigenvalue weighted by molar-refractivity contribution is 0.472. The van der Waals surface area contributed by atoms with Crippen LogP contribution in [0, 0.1) is 6.92 Å². The second-order valence-corrected chi connectivity index (χ2v) is 3.45. The molecule has 0 aliphatic carbocycles. The van der Waals surface area contributed by atoms with Gasteiger partial charge in [0.15, 0.2) is 0 Å². The van der Waals surface area contributed by atoms with Crippen LogP contribution in [-0.2, 0) is 0 Å². The van der Waals surface area contributed by atoms with Crippen molar-refractivity contribution in [3.8, 4) is 5.75 Å². The molecule has 0 aliphatic heterocycles. The second kappa shape index (κ2) is 2.93. The van der Waals surface area contributed by atoms with Gasteiger partial charge in [-0.2, -0.15) is 0 Å². The first-order valence-electron chi connectivity index (χ1n) is 4.07. The SMILES string of the molecule is Cc1c(O)ccc2c(Cl)cccc12. The summed E-state index contributed by atoms with van der Waals surface area (Å²) in [6.45, 7) is 1.88. The zero-order valence-electron chi connectivity index (χ0n) is 7.21. The summed E-state index contributed by atoms with van der Waals surface area (Å²) in [4.78, 5) is 0. The zero-order chi connectivity index (χ0) is 9.42. The smallest absolute Gasteiger partial charge is 0.119 e. The normalized spacial score (nSPS) is 10.6. The molecule has 1 N–H and O–H groups in total. The Hall–Kier alpha value is -1.21. The second-order valence-electron chi connectivity index (χ2n) is 3.04. The zero-order valence-corrected chi connectivity index (χ0v) is 7.97. The van der Waals surface area contributed by atoms with Gasteiger partial charge < -0.3 is 5.11 Å². The van der Waals surface area contributed by atoms with E-state index < -0.39 is 0 Å². The van der Waals surface area contributed by atoms with Crippen molar-refractivity contribution in [3.63, 3.8) is 0 Å². The van der Waals surface area contributed by atoms with E-state index in [-0.39, 0.29) is 0 Å². The first kappa shape index (κ1) is 8.39. The number of aromatic hydroxyl groups is 1. The standard InChI is InChI=1S/C11H9ClO/c1-7-8-3-2-4-10(12)9(8)5-6-11(7)13/h2-6,13H,1H3. The summed E-state index contributed by atoms with van der Waals surface area (Å²) in [6.07, 6.45) is 0. The molecule has 0 atom stereocenters. The number of aryl methyl sites for hydroxylation is 1. The maximum absolute atomic E-state index is 9.47. The van der Waals surface area contributed by atoms with E-state index in [0.29, 0.717) is 5.75 Å². The minimum absolute atomic E-state index is 0.315. The van der Waals surface area contributed by atoms with E-state index in [0.717, 1.165) is 21.4 Å². The van der Waals surface area contributed by atoms with E-state index in [1.54, 1.807) is 6.07 Å². The Balaban J connectivity index is 2.94. The maximum Gasteiger partial charge on any atom is 0.119 e. The van der Waals surface area contributed by atoms with Crippen LogP contribution in [0.5, 0.6) is 5.75 Å². The highest BCUT2D eigenvalue weighted by Gasteiger charge is 2.03. The Morgan fingerprint density at radius 3 is 2.62 bits per heavy atom. The first-order chi connectivity index (χ1) is 6.20. The summed E-state index contributed by atoms with van der Waals surface area (Å²) in [6, 6.07) is 9.19. The van der Waals surface area contributed by atoms with Crippen molar-refractivity contribution in [1.29, 1.82) is 0 Å². The topological polar surface area (TPSA) is 20.2 Å². The van der Waals surface area contributed by atoms with Crippen LogP contribution in [0.1, 0.15) is 5.56 Å². The van der Waals surface area contributed by atoms with Crippen molar-refractivity contribution in [1.82, 2.24) is 0 Å². The molecule has 2 rings (SSSR count). The number of halogens is 1. The van der Waals surface area contributed by atoms with Gasteiger partial charge in [-0.05, 0) is 36.1 Å². The third-order valence-electron chi connectivity index (χ3n) is 2.25. The molecule has 2 aromatic carbocycles. The van der Waals surface area contributed by atoms with Crippen molar-refractivity contribution in [2.24, 2.45) is 0 Å². The largest absolute Gasteiger partial charge is 0.508 e. The third kappa shape index (κ3) is 1.25. The molecule has 1 nitrogen and oxygen atoms in total. The van der Waals surface area contributed by atoms with E-state index in [1.807, 2.05) is 31.2 Å². The molecule has 2 heteroatoms. The molecule has 66 valence electrons.